The number of aliphatic hydroxyl groups is 1. The second-order valence-electron chi connectivity index (χ2n) is 4.90. The van der Waals surface area contributed by atoms with Crippen molar-refractivity contribution in [2.24, 2.45) is 5.92 Å². The van der Waals surface area contributed by atoms with E-state index in [1.165, 1.54) is 18.5 Å². The predicted molar refractivity (Wildman–Crippen MR) is 71.6 cm³/mol. The molecule has 5 nitrogen and oxygen atoms in total. The van der Waals surface area contributed by atoms with Crippen LogP contribution in [-0.2, 0) is 0 Å². The van der Waals surface area contributed by atoms with E-state index >= 15 is 0 Å². The summed E-state index contributed by atoms with van der Waals surface area (Å²) in [5, 5.41) is 11.9. The van der Waals surface area contributed by atoms with Crippen molar-refractivity contribution in [3.63, 3.8) is 0 Å². The standard InChI is InChI=1S/C14H14FN3O2/c15-9-4-11(13-12(5-9)16-7-17-13)14(20)18-10-2-1-8(3-10)6-19/h1-2,4-5,7-8,10,19H,3,6H2,(H,16,17)(H,18,20)/t8-,10+/m0/s1. The molecule has 6 heteroatoms. The maximum Gasteiger partial charge on any atom is 0.254 e. The second kappa shape index (κ2) is 5.05. The molecule has 1 aromatic heterocycles. The topological polar surface area (TPSA) is 78.0 Å². The third-order valence-electron chi connectivity index (χ3n) is 3.46. The van der Waals surface area contributed by atoms with Gasteiger partial charge in [0.2, 0.25) is 0 Å². The average molecular weight is 275 g/mol. The number of amides is 1. The zero-order valence-corrected chi connectivity index (χ0v) is 10.6. The third kappa shape index (κ3) is 2.30. The van der Waals surface area contributed by atoms with Gasteiger partial charge in [-0.25, -0.2) is 9.37 Å². The number of rotatable bonds is 3. The van der Waals surface area contributed by atoms with Crippen LogP contribution in [0.4, 0.5) is 4.39 Å². The number of aromatic nitrogens is 2. The van der Waals surface area contributed by atoms with E-state index in [4.69, 9.17) is 5.11 Å². The number of nitrogens with zero attached hydrogens (tertiary/aromatic N) is 1. The van der Waals surface area contributed by atoms with Gasteiger partial charge in [-0.15, -0.1) is 0 Å². The molecule has 0 fully saturated rings. The molecule has 3 N–H and O–H groups in total. The van der Waals surface area contributed by atoms with Crippen molar-refractivity contribution in [3.8, 4) is 0 Å². The van der Waals surface area contributed by atoms with Crippen LogP contribution in [0.2, 0.25) is 0 Å². The van der Waals surface area contributed by atoms with E-state index in [1.54, 1.807) is 0 Å². The first kappa shape index (κ1) is 12.8. The number of carbonyl (C=O) groups is 1. The number of nitrogens with one attached hydrogen (secondary N) is 2. The SMILES string of the molecule is O=C(N[C@@H]1C=C[C@H](CO)C1)c1cc(F)cc2[nH]cnc12. The third-order valence-corrected chi connectivity index (χ3v) is 3.46. The number of imidazole rings is 1. The molecule has 1 amide bonds. The lowest BCUT2D eigenvalue weighted by molar-refractivity contribution is 0.0942. The van der Waals surface area contributed by atoms with Crippen molar-refractivity contribution in [3.05, 3.63) is 42.0 Å². The highest BCUT2D eigenvalue weighted by Crippen LogP contribution is 2.20. The summed E-state index contributed by atoms with van der Waals surface area (Å²) in [5.74, 6) is -0.782. The molecule has 1 aliphatic carbocycles. The molecule has 3 rings (SSSR count). The summed E-state index contributed by atoms with van der Waals surface area (Å²) < 4.78 is 13.5. The Hall–Kier alpha value is -2.21. The van der Waals surface area contributed by atoms with Gasteiger partial charge >= 0.3 is 0 Å². The molecule has 1 heterocycles. The van der Waals surface area contributed by atoms with Crippen molar-refractivity contribution in [2.75, 3.05) is 6.61 Å². The number of hydrogen-bond acceptors (Lipinski definition) is 3. The van der Waals surface area contributed by atoms with Crippen molar-refractivity contribution >= 4 is 16.9 Å². The van der Waals surface area contributed by atoms with Gasteiger partial charge in [-0.2, -0.15) is 0 Å². The van der Waals surface area contributed by atoms with Gasteiger partial charge in [0, 0.05) is 18.6 Å². The van der Waals surface area contributed by atoms with Crippen LogP contribution in [0.5, 0.6) is 0 Å². The monoisotopic (exact) mass is 275 g/mol. The molecule has 0 spiro atoms. The minimum Gasteiger partial charge on any atom is -0.396 e. The number of fused-ring (bicyclic) bond motifs is 1. The molecule has 1 aliphatic rings. The van der Waals surface area contributed by atoms with Crippen LogP contribution < -0.4 is 5.32 Å². The molecular weight excluding hydrogens is 261 g/mol. The Morgan fingerprint density at radius 3 is 3.10 bits per heavy atom. The number of halogens is 1. The normalized spacial score (nSPS) is 21.5. The van der Waals surface area contributed by atoms with Gasteiger partial charge in [-0.1, -0.05) is 12.2 Å². The van der Waals surface area contributed by atoms with E-state index in [0.29, 0.717) is 17.5 Å². The number of aromatic amines is 1. The van der Waals surface area contributed by atoms with E-state index < -0.39 is 5.82 Å². The lowest BCUT2D eigenvalue weighted by Crippen LogP contribution is -2.33. The minimum absolute atomic E-state index is 0.0620. The second-order valence-corrected chi connectivity index (χ2v) is 4.90. The molecule has 0 saturated heterocycles. The Labute approximate surface area is 114 Å². The maximum atomic E-state index is 13.5. The average Bonchev–Trinajstić information content (AvgIpc) is 3.05. The summed E-state index contributed by atoms with van der Waals surface area (Å²) >= 11 is 0. The Morgan fingerprint density at radius 2 is 2.35 bits per heavy atom. The van der Waals surface area contributed by atoms with Crippen LogP contribution >= 0.6 is 0 Å². The summed E-state index contributed by atoms with van der Waals surface area (Å²) in [7, 11) is 0. The number of benzene rings is 1. The van der Waals surface area contributed by atoms with Gasteiger partial charge in [0.15, 0.2) is 0 Å². The predicted octanol–water partition coefficient (Wildman–Crippen LogP) is 1.37. The highest BCUT2D eigenvalue weighted by atomic mass is 19.1. The lowest BCUT2D eigenvalue weighted by atomic mass is 10.1. The van der Waals surface area contributed by atoms with Crippen molar-refractivity contribution in [1.82, 2.24) is 15.3 Å². The zero-order valence-electron chi connectivity index (χ0n) is 10.6. The first-order valence-electron chi connectivity index (χ1n) is 6.40. The molecule has 2 aromatic rings. The van der Waals surface area contributed by atoms with Gasteiger partial charge < -0.3 is 15.4 Å². The van der Waals surface area contributed by atoms with Gasteiger partial charge in [0.25, 0.3) is 5.91 Å². The van der Waals surface area contributed by atoms with E-state index in [-0.39, 0.29) is 30.0 Å². The van der Waals surface area contributed by atoms with Crippen LogP contribution in [-0.4, -0.2) is 33.6 Å². The fourth-order valence-electron chi connectivity index (χ4n) is 2.45. The summed E-state index contributed by atoms with van der Waals surface area (Å²) in [6.45, 7) is 0.0620. The van der Waals surface area contributed by atoms with Crippen molar-refractivity contribution < 1.29 is 14.3 Å². The van der Waals surface area contributed by atoms with E-state index in [9.17, 15) is 9.18 Å². The minimum atomic E-state index is -0.484. The van der Waals surface area contributed by atoms with Crippen LogP contribution in [0.15, 0.2) is 30.6 Å². The van der Waals surface area contributed by atoms with E-state index in [0.717, 1.165) is 0 Å². The van der Waals surface area contributed by atoms with Crippen LogP contribution in [0.25, 0.3) is 11.0 Å². The lowest BCUT2D eigenvalue weighted by Gasteiger charge is -2.13. The quantitative estimate of drug-likeness (QED) is 0.740. The first-order chi connectivity index (χ1) is 9.67. The Kier molecular flexibility index (Phi) is 3.23. The Balaban J connectivity index is 1.83. The molecule has 0 unspecified atom stereocenters. The summed E-state index contributed by atoms with van der Waals surface area (Å²) in [6.07, 6.45) is 5.81. The number of hydrogen-bond donors (Lipinski definition) is 3. The molecule has 2 atom stereocenters. The summed E-state index contributed by atoms with van der Waals surface area (Å²) in [5.41, 5.74) is 1.15. The zero-order chi connectivity index (χ0) is 14.1. The molecule has 104 valence electrons. The molecule has 20 heavy (non-hydrogen) atoms. The van der Waals surface area contributed by atoms with Crippen LogP contribution in [0.3, 0.4) is 0 Å². The van der Waals surface area contributed by atoms with Gasteiger partial charge in [-0.05, 0) is 18.6 Å². The molecule has 1 aromatic carbocycles. The van der Waals surface area contributed by atoms with E-state index in [2.05, 4.69) is 15.3 Å². The van der Waals surface area contributed by atoms with Crippen molar-refractivity contribution in [1.29, 1.82) is 0 Å². The van der Waals surface area contributed by atoms with Gasteiger partial charge in [0.1, 0.15) is 11.3 Å². The molecule has 0 aliphatic heterocycles. The van der Waals surface area contributed by atoms with E-state index in [1.807, 2.05) is 12.2 Å². The van der Waals surface area contributed by atoms with Gasteiger partial charge in [0.05, 0.1) is 17.4 Å². The fraction of sp³-hybridized carbons (Fsp3) is 0.286. The van der Waals surface area contributed by atoms with Crippen LogP contribution in [0, 0.1) is 11.7 Å². The summed E-state index contributed by atoms with van der Waals surface area (Å²) in [4.78, 5) is 19.1. The summed E-state index contributed by atoms with van der Waals surface area (Å²) in [6, 6.07) is 2.34. The molecule has 0 saturated carbocycles. The maximum absolute atomic E-state index is 13.5. The molecule has 0 radical (unpaired) electrons. The van der Waals surface area contributed by atoms with Crippen molar-refractivity contribution in [2.45, 2.75) is 12.5 Å². The highest BCUT2D eigenvalue weighted by Gasteiger charge is 2.22. The number of H-pyrrole nitrogens is 1. The van der Waals surface area contributed by atoms with Gasteiger partial charge in [-0.3, -0.25) is 4.79 Å². The first-order valence-corrected chi connectivity index (χ1v) is 6.40. The molecular formula is C14H14FN3O2. The van der Waals surface area contributed by atoms with Crippen LogP contribution in [0.1, 0.15) is 16.8 Å². The smallest absolute Gasteiger partial charge is 0.254 e. The number of aliphatic hydroxyl groups excluding tert-OH is 1. The molecule has 0 bridgehead atoms. The number of carbonyl (C=O) groups excluding carboxylic acids is 1. The highest BCUT2D eigenvalue weighted by molar-refractivity contribution is 6.05. The fourth-order valence-corrected chi connectivity index (χ4v) is 2.45. The largest absolute Gasteiger partial charge is 0.396 e. The Morgan fingerprint density at radius 1 is 1.50 bits per heavy atom. The Bertz CT molecular complexity index is 680.